The van der Waals surface area contributed by atoms with Gasteiger partial charge in [-0.2, -0.15) is 0 Å². The number of likely N-dealkylation sites (tertiary alicyclic amines) is 1. The maximum absolute atomic E-state index is 6.06. The first-order chi connectivity index (χ1) is 9.20. The number of para-hydroxylation sites is 1. The molecule has 1 fully saturated rings. The smallest absolute Gasteiger partial charge is 0.137 e. The van der Waals surface area contributed by atoms with Crippen LogP contribution in [0.5, 0.6) is 5.75 Å². The Labute approximate surface area is 120 Å². The zero-order chi connectivity index (χ0) is 13.7. The van der Waals surface area contributed by atoms with Crippen LogP contribution in [-0.2, 0) is 0 Å². The van der Waals surface area contributed by atoms with Crippen LogP contribution in [0.2, 0.25) is 5.02 Å². The Hall–Kier alpha value is -0.770. The minimum atomic E-state index is 0.499. The van der Waals surface area contributed by atoms with Gasteiger partial charge in [-0.1, -0.05) is 30.7 Å². The van der Waals surface area contributed by atoms with Crippen molar-refractivity contribution < 1.29 is 4.74 Å². The zero-order valence-electron chi connectivity index (χ0n) is 11.5. The highest BCUT2D eigenvalue weighted by atomic mass is 35.5. The van der Waals surface area contributed by atoms with Crippen LogP contribution >= 0.6 is 11.6 Å². The molecule has 1 heterocycles. The van der Waals surface area contributed by atoms with E-state index in [0.717, 1.165) is 31.3 Å². The van der Waals surface area contributed by atoms with Crippen LogP contribution in [0.25, 0.3) is 0 Å². The Morgan fingerprint density at radius 1 is 1.42 bits per heavy atom. The number of hydrogen-bond acceptors (Lipinski definition) is 3. The SMILES string of the molecule is CC1CCN(CCOc2ccccc2Cl)C(CN)C1. The summed E-state index contributed by atoms with van der Waals surface area (Å²) in [6.45, 7) is 5.74. The molecule has 4 heteroatoms. The van der Waals surface area contributed by atoms with Gasteiger partial charge in [0.25, 0.3) is 0 Å². The summed E-state index contributed by atoms with van der Waals surface area (Å²) in [6, 6.07) is 8.10. The third-order valence-corrected chi connectivity index (χ3v) is 4.16. The molecule has 0 spiro atoms. The van der Waals surface area contributed by atoms with Crippen LogP contribution in [0.3, 0.4) is 0 Å². The lowest BCUT2D eigenvalue weighted by molar-refractivity contribution is 0.103. The van der Waals surface area contributed by atoms with Crippen molar-refractivity contribution in [1.29, 1.82) is 0 Å². The average Bonchev–Trinajstić information content (AvgIpc) is 2.42. The molecule has 106 valence electrons. The van der Waals surface area contributed by atoms with Gasteiger partial charge in [-0.3, -0.25) is 4.90 Å². The van der Waals surface area contributed by atoms with E-state index in [9.17, 15) is 0 Å². The van der Waals surface area contributed by atoms with E-state index in [4.69, 9.17) is 22.1 Å². The average molecular weight is 283 g/mol. The summed E-state index contributed by atoms with van der Waals surface area (Å²) in [5.41, 5.74) is 5.86. The first-order valence-electron chi connectivity index (χ1n) is 7.02. The Morgan fingerprint density at radius 2 is 2.21 bits per heavy atom. The number of rotatable bonds is 5. The van der Waals surface area contributed by atoms with Crippen molar-refractivity contribution in [1.82, 2.24) is 4.90 Å². The molecular formula is C15H23ClN2O. The molecule has 3 nitrogen and oxygen atoms in total. The molecule has 2 N–H and O–H groups in total. The van der Waals surface area contributed by atoms with Crippen molar-refractivity contribution in [2.24, 2.45) is 11.7 Å². The van der Waals surface area contributed by atoms with E-state index in [-0.39, 0.29) is 0 Å². The minimum absolute atomic E-state index is 0.499. The minimum Gasteiger partial charge on any atom is -0.491 e. The molecule has 2 rings (SSSR count). The third kappa shape index (κ3) is 4.10. The third-order valence-electron chi connectivity index (χ3n) is 3.84. The number of nitrogens with zero attached hydrogens (tertiary/aromatic N) is 1. The van der Waals surface area contributed by atoms with Crippen molar-refractivity contribution >= 4 is 11.6 Å². The van der Waals surface area contributed by atoms with Crippen LogP contribution < -0.4 is 10.5 Å². The summed E-state index contributed by atoms with van der Waals surface area (Å²) in [6.07, 6.45) is 2.45. The van der Waals surface area contributed by atoms with Gasteiger partial charge in [-0.05, 0) is 37.4 Å². The summed E-state index contributed by atoms with van der Waals surface area (Å²) < 4.78 is 5.74. The summed E-state index contributed by atoms with van der Waals surface area (Å²) >= 11 is 6.06. The van der Waals surface area contributed by atoms with E-state index < -0.39 is 0 Å². The molecule has 0 bridgehead atoms. The lowest BCUT2D eigenvalue weighted by atomic mass is 9.92. The molecule has 2 atom stereocenters. The Morgan fingerprint density at radius 3 is 2.95 bits per heavy atom. The fourth-order valence-electron chi connectivity index (χ4n) is 2.67. The van der Waals surface area contributed by atoms with E-state index in [1.807, 2.05) is 24.3 Å². The fourth-order valence-corrected chi connectivity index (χ4v) is 2.86. The standard InChI is InChI=1S/C15H23ClN2O/c1-12-6-7-18(13(10-12)11-17)8-9-19-15-5-3-2-4-14(15)16/h2-5,12-13H,6-11,17H2,1H3. The molecule has 1 aromatic rings. The molecule has 1 aliphatic heterocycles. The Kier molecular flexibility index (Phi) is 5.49. The first-order valence-corrected chi connectivity index (χ1v) is 7.40. The van der Waals surface area contributed by atoms with Crippen LogP contribution in [0.1, 0.15) is 19.8 Å². The van der Waals surface area contributed by atoms with Gasteiger partial charge in [0.1, 0.15) is 12.4 Å². The number of halogens is 1. The van der Waals surface area contributed by atoms with E-state index in [1.54, 1.807) is 0 Å². The number of ether oxygens (including phenoxy) is 1. The van der Waals surface area contributed by atoms with Gasteiger partial charge >= 0.3 is 0 Å². The van der Waals surface area contributed by atoms with Crippen LogP contribution in [0.15, 0.2) is 24.3 Å². The lowest BCUT2D eigenvalue weighted by Gasteiger charge is -2.37. The predicted molar refractivity (Wildman–Crippen MR) is 79.8 cm³/mol. The largest absolute Gasteiger partial charge is 0.491 e. The van der Waals surface area contributed by atoms with E-state index in [1.165, 1.54) is 12.8 Å². The molecule has 0 saturated carbocycles. The van der Waals surface area contributed by atoms with E-state index in [2.05, 4.69) is 11.8 Å². The van der Waals surface area contributed by atoms with Gasteiger partial charge in [0.05, 0.1) is 5.02 Å². The predicted octanol–water partition coefficient (Wildman–Crippen LogP) is 2.78. The van der Waals surface area contributed by atoms with Gasteiger partial charge in [0, 0.05) is 19.1 Å². The Bertz CT molecular complexity index is 399. The number of benzene rings is 1. The van der Waals surface area contributed by atoms with Crippen molar-refractivity contribution in [2.75, 3.05) is 26.2 Å². The van der Waals surface area contributed by atoms with Gasteiger partial charge in [0.15, 0.2) is 0 Å². The second-order valence-corrected chi connectivity index (χ2v) is 5.74. The molecule has 1 aliphatic rings. The van der Waals surface area contributed by atoms with Crippen LogP contribution in [-0.4, -0.2) is 37.2 Å². The second kappa shape index (κ2) is 7.13. The number of piperidine rings is 1. The highest BCUT2D eigenvalue weighted by molar-refractivity contribution is 6.32. The monoisotopic (exact) mass is 282 g/mol. The van der Waals surface area contributed by atoms with Gasteiger partial charge < -0.3 is 10.5 Å². The summed E-state index contributed by atoms with van der Waals surface area (Å²) in [4.78, 5) is 2.44. The quantitative estimate of drug-likeness (QED) is 0.902. The molecule has 1 aromatic carbocycles. The van der Waals surface area contributed by atoms with Crippen molar-refractivity contribution in [3.8, 4) is 5.75 Å². The molecule has 2 unspecified atom stereocenters. The van der Waals surface area contributed by atoms with Gasteiger partial charge in [0.2, 0.25) is 0 Å². The summed E-state index contributed by atoms with van der Waals surface area (Å²) in [5.74, 6) is 1.55. The lowest BCUT2D eigenvalue weighted by Crippen LogP contribution is -2.47. The summed E-state index contributed by atoms with van der Waals surface area (Å²) in [7, 11) is 0. The molecular weight excluding hydrogens is 260 g/mol. The van der Waals surface area contributed by atoms with Crippen LogP contribution in [0, 0.1) is 5.92 Å². The fraction of sp³-hybridized carbons (Fsp3) is 0.600. The summed E-state index contributed by atoms with van der Waals surface area (Å²) in [5, 5.41) is 0.671. The first kappa shape index (κ1) is 14.6. The number of nitrogens with two attached hydrogens (primary N) is 1. The molecule has 1 saturated heterocycles. The second-order valence-electron chi connectivity index (χ2n) is 5.33. The van der Waals surface area contributed by atoms with Crippen molar-refractivity contribution in [3.63, 3.8) is 0 Å². The van der Waals surface area contributed by atoms with E-state index in [0.29, 0.717) is 17.7 Å². The molecule has 19 heavy (non-hydrogen) atoms. The Balaban J connectivity index is 1.80. The van der Waals surface area contributed by atoms with Gasteiger partial charge in [-0.15, -0.1) is 0 Å². The molecule has 0 amide bonds. The number of hydrogen-bond donors (Lipinski definition) is 1. The van der Waals surface area contributed by atoms with Crippen LogP contribution in [0.4, 0.5) is 0 Å². The molecule has 0 aliphatic carbocycles. The van der Waals surface area contributed by atoms with E-state index >= 15 is 0 Å². The van der Waals surface area contributed by atoms with Crippen molar-refractivity contribution in [2.45, 2.75) is 25.8 Å². The maximum Gasteiger partial charge on any atom is 0.137 e. The molecule has 0 radical (unpaired) electrons. The highest BCUT2D eigenvalue weighted by Gasteiger charge is 2.24. The topological polar surface area (TPSA) is 38.5 Å². The maximum atomic E-state index is 6.06. The zero-order valence-corrected chi connectivity index (χ0v) is 12.3. The van der Waals surface area contributed by atoms with Crippen molar-refractivity contribution in [3.05, 3.63) is 29.3 Å². The van der Waals surface area contributed by atoms with Gasteiger partial charge in [-0.25, -0.2) is 0 Å². The highest BCUT2D eigenvalue weighted by Crippen LogP contribution is 2.24. The molecule has 0 aromatic heterocycles. The normalized spacial score (nSPS) is 24.4.